The standard InChI is InChI=1S/C4H2BCl2NO3S2/c5-1-2(13(10,11)8-9)4(7)12-3(1)6/h8-9H. The summed E-state index contributed by atoms with van der Waals surface area (Å²) in [7, 11) is 1.26. The van der Waals surface area contributed by atoms with Crippen molar-refractivity contribution in [3.05, 3.63) is 8.67 Å². The Morgan fingerprint density at radius 2 is 1.92 bits per heavy atom. The molecule has 9 heteroatoms. The second-order valence-electron chi connectivity index (χ2n) is 1.99. The Morgan fingerprint density at radius 3 is 2.23 bits per heavy atom. The second kappa shape index (κ2) is 3.76. The summed E-state index contributed by atoms with van der Waals surface area (Å²) < 4.78 is 22.1. The molecule has 0 saturated carbocycles. The molecule has 0 aliphatic heterocycles. The van der Waals surface area contributed by atoms with Crippen molar-refractivity contribution in [2.45, 2.75) is 4.90 Å². The fourth-order valence-corrected chi connectivity index (χ4v) is 3.59. The Balaban J connectivity index is 3.47. The maximum Gasteiger partial charge on any atom is 0.264 e. The topological polar surface area (TPSA) is 66.4 Å². The molecule has 0 amide bonds. The van der Waals surface area contributed by atoms with Gasteiger partial charge in [-0.3, -0.25) is 0 Å². The quantitative estimate of drug-likeness (QED) is 0.600. The van der Waals surface area contributed by atoms with Crippen LogP contribution in [-0.4, -0.2) is 21.5 Å². The van der Waals surface area contributed by atoms with Crippen molar-refractivity contribution < 1.29 is 13.6 Å². The molecular formula is C4H2BCl2NO3S2. The first kappa shape index (κ1) is 11.3. The second-order valence-corrected chi connectivity index (χ2v) is 5.81. The van der Waals surface area contributed by atoms with Crippen molar-refractivity contribution in [2.75, 3.05) is 0 Å². The molecule has 2 radical (unpaired) electrons. The van der Waals surface area contributed by atoms with Crippen molar-refractivity contribution in [2.24, 2.45) is 0 Å². The van der Waals surface area contributed by atoms with Crippen molar-refractivity contribution >= 4 is 57.9 Å². The van der Waals surface area contributed by atoms with Crippen LogP contribution in [0.2, 0.25) is 8.67 Å². The fourth-order valence-electron chi connectivity index (χ4n) is 0.671. The van der Waals surface area contributed by atoms with Crippen molar-refractivity contribution in [1.82, 2.24) is 4.89 Å². The van der Waals surface area contributed by atoms with Crippen LogP contribution in [0.4, 0.5) is 0 Å². The Labute approximate surface area is 89.9 Å². The van der Waals surface area contributed by atoms with Gasteiger partial charge in [-0.25, -0.2) is 8.42 Å². The minimum Gasteiger partial charge on any atom is -0.302 e. The zero-order chi connectivity index (χ0) is 10.2. The molecule has 0 bridgehead atoms. The van der Waals surface area contributed by atoms with E-state index in [4.69, 9.17) is 36.3 Å². The molecule has 4 nitrogen and oxygen atoms in total. The molecule has 0 saturated heterocycles. The SMILES string of the molecule is [B]c1c(Cl)sc(Cl)c1S(=O)(=O)NO. The summed E-state index contributed by atoms with van der Waals surface area (Å²) in [6.45, 7) is 0. The summed E-state index contributed by atoms with van der Waals surface area (Å²) in [6.07, 6.45) is 0. The lowest BCUT2D eigenvalue weighted by atomic mass is 10.0. The van der Waals surface area contributed by atoms with Gasteiger partial charge in [-0.05, 0) is 5.46 Å². The molecule has 0 atom stereocenters. The Hall–Kier alpha value is 0.215. The summed E-state index contributed by atoms with van der Waals surface area (Å²) >= 11 is 11.9. The van der Waals surface area contributed by atoms with Gasteiger partial charge in [0.05, 0.1) is 4.34 Å². The molecule has 0 aromatic carbocycles. The van der Waals surface area contributed by atoms with E-state index in [2.05, 4.69) is 0 Å². The van der Waals surface area contributed by atoms with Crippen LogP contribution in [0, 0.1) is 0 Å². The molecule has 0 unspecified atom stereocenters. The maximum atomic E-state index is 11.1. The van der Waals surface area contributed by atoms with Crippen molar-refractivity contribution in [1.29, 1.82) is 0 Å². The number of hydrogen-bond acceptors (Lipinski definition) is 4. The highest BCUT2D eigenvalue weighted by Gasteiger charge is 2.23. The summed E-state index contributed by atoms with van der Waals surface area (Å²) in [5.74, 6) is 0. The molecule has 1 aromatic rings. The first-order valence-electron chi connectivity index (χ1n) is 2.79. The van der Waals surface area contributed by atoms with Crippen molar-refractivity contribution in [3.63, 3.8) is 0 Å². The minimum absolute atomic E-state index is 0.0684. The molecule has 1 aromatic heterocycles. The van der Waals surface area contributed by atoms with Gasteiger partial charge in [0, 0.05) is 0 Å². The normalized spacial score (nSPS) is 11.9. The number of nitrogens with one attached hydrogen (secondary N) is 1. The van der Waals surface area contributed by atoms with Gasteiger partial charge in [0.2, 0.25) is 0 Å². The van der Waals surface area contributed by atoms with E-state index in [1.165, 1.54) is 0 Å². The van der Waals surface area contributed by atoms with Gasteiger partial charge in [0.15, 0.2) is 0 Å². The highest BCUT2D eigenvalue weighted by molar-refractivity contribution is 7.89. The first-order chi connectivity index (χ1) is 5.90. The molecule has 0 aliphatic carbocycles. The molecule has 2 N–H and O–H groups in total. The van der Waals surface area contributed by atoms with Gasteiger partial charge >= 0.3 is 0 Å². The summed E-state index contributed by atoms with van der Waals surface area (Å²) in [5.41, 5.74) is -0.168. The van der Waals surface area contributed by atoms with Crippen LogP contribution in [0.1, 0.15) is 0 Å². The number of halogens is 2. The van der Waals surface area contributed by atoms with E-state index in [-0.39, 0.29) is 14.1 Å². The molecule has 1 heterocycles. The highest BCUT2D eigenvalue weighted by atomic mass is 35.5. The van der Waals surface area contributed by atoms with Gasteiger partial charge in [-0.15, -0.1) is 11.3 Å². The first-order valence-corrected chi connectivity index (χ1v) is 5.85. The van der Waals surface area contributed by atoms with Gasteiger partial charge in [-0.1, -0.05) is 28.1 Å². The van der Waals surface area contributed by atoms with Gasteiger partial charge in [-0.2, -0.15) is 0 Å². The third kappa shape index (κ3) is 2.00. The highest BCUT2D eigenvalue weighted by Crippen LogP contribution is 2.31. The van der Waals surface area contributed by atoms with E-state index in [1.807, 2.05) is 0 Å². The number of hydrogen-bond donors (Lipinski definition) is 2. The fraction of sp³-hybridized carbons (Fsp3) is 0. The summed E-state index contributed by atoms with van der Waals surface area (Å²) in [6, 6.07) is 0. The van der Waals surface area contributed by atoms with Gasteiger partial charge in [0.25, 0.3) is 10.0 Å². The Morgan fingerprint density at radius 1 is 1.38 bits per heavy atom. The van der Waals surface area contributed by atoms with Crippen LogP contribution >= 0.6 is 34.5 Å². The van der Waals surface area contributed by atoms with Crippen LogP contribution in [0.15, 0.2) is 4.90 Å². The van der Waals surface area contributed by atoms with Crippen molar-refractivity contribution in [3.8, 4) is 0 Å². The van der Waals surface area contributed by atoms with Gasteiger partial charge < -0.3 is 5.21 Å². The average Bonchev–Trinajstić information content (AvgIpc) is 2.27. The number of thiophene rings is 1. The van der Waals surface area contributed by atoms with Crippen LogP contribution in [0.25, 0.3) is 0 Å². The van der Waals surface area contributed by atoms with E-state index in [9.17, 15) is 8.42 Å². The van der Waals surface area contributed by atoms with E-state index in [0.29, 0.717) is 0 Å². The van der Waals surface area contributed by atoms with Crippen LogP contribution in [-0.2, 0) is 10.0 Å². The number of rotatable bonds is 2. The molecule has 0 spiro atoms. The van der Waals surface area contributed by atoms with Crippen LogP contribution < -0.4 is 10.3 Å². The largest absolute Gasteiger partial charge is 0.302 e. The van der Waals surface area contributed by atoms with E-state index < -0.39 is 14.9 Å². The lowest BCUT2D eigenvalue weighted by Gasteiger charge is -2.00. The predicted octanol–water partition coefficient (Wildman–Crippen LogP) is 0.516. The number of sulfonamides is 1. The molecule has 0 aliphatic rings. The van der Waals surface area contributed by atoms with Crippen LogP contribution in [0.3, 0.4) is 0 Å². The average molecular weight is 258 g/mol. The van der Waals surface area contributed by atoms with E-state index in [0.717, 1.165) is 16.2 Å². The molecular weight excluding hydrogens is 256 g/mol. The van der Waals surface area contributed by atoms with E-state index in [1.54, 1.807) is 0 Å². The Bertz CT molecular complexity index is 429. The zero-order valence-corrected chi connectivity index (χ0v) is 9.06. The maximum absolute atomic E-state index is 11.1. The summed E-state index contributed by atoms with van der Waals surface area (Å²) in [4.78, 5) is 0.712. The monoisotopic (exact) mass is 257 g/mol. The van der Waals surface area contributed by atoms with Gasteiger partial charge in [0.1, 0.15) is 17.1 Å². The summed E-state index contributed by atoms with van der Waals surface area (Å²) in [5, 5.41) is 8.31. The third-order valence-corrected chi connectivity index (χ3v) is 4.28. The molecule has 70 valence electrons. The van der Waals surface area contributed by atoms with E-state index >= 15 is 0 Å². The molecule has 13 heavy (non-hydrogen) atoms. The minimum atomic E-state index is -4.06. The lowest BCUT2D eigenvalue weighted by Crippen LogP contribution is -2.24. The molecule has 1 rings (SSSR count). The molecule has 0 fully saturated rings. The predicted molar refractivity (Wildman–Crippen MR) is 51.8 cm³/mol. The Kier molecular flexibility index (Phi) is 3.27. The zero-order valence-electron chi connectivity index (χ0n) is 5.91. The smallest absolute Gasteiger partial charge is 0.264 e. The lowest BCUT2D eigenvalue weighted by molar-refractivity contribution is 0.243. The van der Waals surface area contributed by atoms with Crippen LogP contribution in [0.5, 0.6) is 0 Å². The third-order valence-electron chi connectivity index (χ3n) is 1.20.